The van der Waals surface area contributed by atoms with Gasteiger partial charge in [0.1, 0.15) is 23.1 Å². The van der Waals surface area contributed by atoms with Crippen molar-refractivity contribution in [1.29, 1.82) is 0 Å². The Hall–Kier alpha value is -3.46. The van der Waals surface area contributed by atoms with Gasteiger partial charge in [-0.05, 0) is 51.7 Å². The summed E-state index contributed by atoms with van der Waals surface area (Å²) in [5, 5.41) is 28.1. The van der Waals surface area contributed by atoms with Crippen LogP contribution in [0.3, 0.4) is 0 Å². The Bertz CT molecular complexity index is 1290. The first kappa shape index (κ1) is 35.0. The van der Waals surface area contributed by atoms with E-state index in [1.54, 1.807) is 20.8 Å². The molecule has 4 atom stereocenters. The number of hydrogen-bond donors (Lipinski definition) is 5. The van der Waals surface area contributed by atoms with Crippen LogP contribution in [-0.4, -0.2) is 79.8 Å². The molecule has 2 unspecified atom stereocenters. The van der Waals surface area contributed by atoms with Gasteiger partial charge in [-0.3, -0.25) is 14.2 Å². The number of benzene rings is 1. The van der Waals surface area contributed by atoms with Gasteiger partial charge < -0.3 is 35.6 Å². The van der Waals surface area contributed by atoms with Gasteiger partial charge in [-0.1, -0.05) is 36.8 Å². The van der Waals surface area contributed by atoms with E-state index in [4.69, 9.17) is 9.47 Å². The third-order valence-corrected chi connectivity index (χ3v) is 7.66. The fourth-order valence-corrected chi connectivity index (χ4v) is 5.35. The van der Waals surface area contributed by atoms with Crippen LogP contribution in [0.5, 0.6) is 0 Å². The number of aromatic nitrogens is 2. The second kappa shape index (κ2) is 17.1. The number of unbranched alkanes of at least 4 members (excludes halogenated alkanes) is 2. The molecule has 1 saturated heterocycles. The second-order valence-electron chi connectivity index (χ2n) is 11.5. The molecule has 5 N–H and O–H groups in total. The van der Waals surface area contributed by atoms with Crippen molar-refractivity contribution < 1.29 is 34.1 Å². The van der Waals surface area contributed by atoms with Crippen LogP contribution in [0.4, 0.5) is 10.6 Å². The highest BCUT2D eigenvalue weighted by atomic mass is 32.2. The average molecular weight is 634 g/mol. The Balaban J connectivity index is 1.35. The molecule has 2 aromatic rings. The summed E-state index contributed by atoms with van der Waals surface area (Å²) < 4.78 is 12.2. The lowest BCUT2D eigenvalue weighted by Gasteiger charge is -2.26. The Labute approximate surface area is 261 Å². The number of anilines is 1. The molecular weight excluding hydrogens is 590 g/mol. The molecule has 0 radical (unpaired) electrons. The molecular formula is C30H43N5O8S. The van der Waals surface area contributed by atoms with E-state index in [9.17, 15) is 29.4 Å². The highest BCUT2D eigenvalue weighted by Crippen LogP contribution is 2.30. The van der Waals surface area contributed by atoms with E-state index in [1.165, 1.54) is 28.6 Å². The van der Waals surface area contributed by atoms with Crippen molar-refractivity contribution in [2.45, 2.75) is 88.7 Å². The van der Waals surface area contributed by atoms with Gasteiger partial charge in [-0.25, -0.2) is 9.59 Å². The predicted octanol–water partition coefficient (Wildman–Crippen LogP) is 2.33. The number of nitrogens with zero attached hydrogens (tertiary/aromatic N) is 2. The van der Waals surface area contributed by atoms with E-state index in [1.807, 2.05) is 30.3 Å². The van der Waals surface area contributed by atoms with Crippen LogP contribution in [0.1, 0.15) is 64.7 Å². The lowest BCUT2D eigenvalue weighted by molar-refractivity contribution is -0.123. The molecule has 14 heteroatoms. The number of ether oxygens (including phenoxy) is 2. The van der Waals surface area contributed by atoms with Crippen molar-refractivity contribution in [2.24, 2.45) is 0 Å². The van der Waals surface area contributed by atoms with Crippen LogP contribution >= 0.6 is 11.8 Å². The van der Waals surface area contributed by atoms with Crippen molar-refractivity contribution in [1.82, 2.24) is 20.2 Å². The SMILES string of the molecule is CC(C)(C)OC(=O)N[C@@H](Cc1ccccc1)[C@@H](O)CC(=O)NCCCCCC(=O)Nc1ccn(C2CSC(CO)O2)c(=O)n1. The number of alkyl carbamates (subject to hydrolysis) is 1. The van der Waals surface area contributed by atoms with Crippen LogP contribution in [0.2, 0.25) is 0 Å². The standard InChI is InChI=1S/C30H43N5O8S/c1-30(2,3)43-29(41)32-21(16-20-10-6-4-7-11-20)22(37)17-25(39)31-14-9-5-8-12-24(38)33-23-13-15-35(28(40)34-23)26-19-44-27(18-36)42-26/h4,6-7,10-11,13,15,21-22,26-27,36-37H,5,8-9,12,14,16-19H2,1-3H3,(H,31,39)(H,32,41)(H,33,34,38,40)/t21-,22-,26?,27?/m0/s1. The molecule has 3 amide bonds. The van der Waals surface area contributed by atoms with Crippen LogP contribution < -0.4 is 21.6 Å². The molecule has 2 heterocycles. The summed E-state index contributed by atoms with van der Waals surface area (Å²) in [6.45, 7) is 5.46. The molecule has 242 valence electrons. The zero-order valence-electron chi connectivity index (χ0n) is 25.4. The van der Waals surface area contributed by atoms with Gasteiger partial charge in [0.05, 0.1) is 25.2 Å². The molecule has 1 aliphatic rings. The quantitative estimate of drug-likeness (QED) is 0.183. The minimum absolute atomic E-state index is 0.141. The fraction of sp³-hybridized carbons (Fsp3) is 0.567. The van der Waals surface area contributed by atoms with Gasteiger partial charge >= 0.3 is 11.8 Å². The van der Waals surface area contributed by atoms with Crippen molar-refractivity contribution in [3.8, 4) is 0 Å². The number of carbonyl (C=O) groups is 3. The van der Waals surface area contributed by atoms with Crippen LogP contribution in [0, 0.1) is 0 Å². The number of aliphatic hydroxyl groups is 2. The average Bonchev–Trinajstić information content (AvgIpc) is 3.43. The summed E-state index contributed by atoms with van der Waals surface area (Å²) in [5.74, 6) is 0.0307. The van der Waals surface area contributed by atoms with Crippen LogP contribution in [0.25, 0.3) is 0 Å². The third-order valence-electron chi connectivity index (χ3n) is 6.55. The Morgan fingerprint density at radius 1 is 1.14 bits per heavy atom. The van der Waals surface area contributed by atoms with E-state index in [2.05, 4.69) is 20.9 Å². The van der Waals surface area contributed by atoms with E-state index >= 15 is 0 Å². The van der Waals surface area contributed by atoms with E-state index in [0.717, 1.165) is 5.56 Å². The summed E-state index contributed by atoms with van der Waals surface area (Å²) in [4.78, 5) is 53.4. The molecule has 0 saturated carbocycles. The molecule has 1 aromatic heterocycles. The smallest absolute Gasteiger partial charge is 0.407 e. The number of amides is 3. The molecule has 1 fully saturated rings. The zero-order valence-corrected chi connectivity index (χ0v) is 26.2. The largest absolute Gasteiger partial charge is 0.444 e. The lowest BCUT2D eigenvalue weighted by Crippen LogP contribution is -2.48. The third kappa shape index (κ3) is 12.3. The first-order valence-corrected chi connectivity index (χ1v) is 15.7. The Morgan fingerprint density at radius 3 is 2.55 bits per heavy atom. The van der Waals surface area contributed by atoms with Crippen molar-refractivity contribution in [3.05, 3.63) is 58.6 Å². The maximum atomic E-state index is 12.5. The Morgan fingerprint density at radius 2 is 1.89 bits per heavy atom. The molecule has 1 aromatic carbocycles. The van der Waals surface area contributed by atoms with Gasteiger partial charge in [0, 0.05) is 24.9 Å². The van der Waals surface area contributed by atoms with E-state index in [-0.39, 0.29) is 42.5 Å². The first-order chi connectivity index (χ1) is 20.9. The number of nitrogens with one attached hydrogen (secondary N) is 3. The minimum Gasteiger partial charge on any atom is -0.444 e. The number of thioether (sulfide) groups is 1. The molecule has 44 heavy (non-hydrogen) atoms. The summed E-state index contributed by atoms with van der Waals surface area (Å²) in [6.07, 6.45) is 1.39. The van der Waals surface area contributed by atoms with Gasteiger partial charge in [0.15, 0.2) is 0 Å². The Kier molecular flexibility index (Phi) is 13.6. The van der Waals surface area contributed by atoms with Gasteiger partial charge in [0.25, 0.3) is 0 Å². The highest BCUT2D eigenvalue weighted by molar-refractivity contribution is 8.00. The molecule has 13 nitrogen and oxygen atoms in total. The summed E-state index contributed by atoms with van der Waals surface area (Å²) in [6, 6.07) is 10.1. The number of carbonyl (C=O) groups excluding carboxylic acids is 3. The monoisotopic (exact) mass is 633 g/mol. The highest BCUT2D eigenvalue weighted by Gasteiger charge is 2.28. The minimum atomic E-state index is -1.14. The maximum Gasteiger partial charge on any atom is 0.407 e. The zero-order chi connectivity index (χ0) is 32.1. The van der Waals surface area contributed by atoms with Crippen LogP contribution in [0.15, 0.2) is 47.4 Å². The first-order valence-electron chi connectivity index (χ1n) is 14.7. The van der Waals surface area contributed by atoms with Crippen molar-refractivity contribution in [3.63, 3.8) is 0 Å². The van der Waals surface area contributed by atoms with Gasteiger partial charge in [-0.15, -0.1) is 11.8 Å². The van der Waals surface area contributed by atoms with Crippen molar-refractivity contribution in [2.75, 3.05) is 24.2 Å². The topological polar surface area (TPSA) is 181 Å². The van der Waals surface area contributed by atoms with Crippen LogP contribution in [-0.2, 0) is 25.5 Å². The number of rotatable bonds is 15. The summed E-state index contributed by atoms with van der Waals surface area (Å²) >= 11 is 1.41. The molecule has 0 aliphatic carbocycles. The fourth-order valence-electron chi connectivity index (χ4n) is 4.42. The normalized spacial score (nSPS) is 17.8. The van der Waals surface area contributed by atoms with Crippen molar-refractivity contribution >= 4 is 35.5 Å². The molecule has 0 bridgehead atoms. The van der Waals surface area contributed by atoms with Gasteiger partial charge in [-0.2, -0.15) is 4.98 Å². The van der Waals surface area contributed by atoms with E-state index < -0.39 is 35.8 Å². The van der Waals surface area contributed by atoms with Gasteiger partial charge in [0.2, 0.25) is 11.8 Å². The second-order valence-corrected chi connectivity index (χ2v) is 12.7. The summed E-state index contributed by atoms with van der Waals surface area (Å²) in [5.41, 5.74) is -0.744. The molecule has 0 spiro atoms. The molecule has 3 rings (SSSR count). The lowest BCUT2D eigenvalue weighted by atomic mass is 9.99. The number of aliphatic hydroxyl groups excluding tert-OH is 2. The maximum absolute atomic E-state index is 12.5. The number of hydrogen-bond acceptors (Lipinski definition) is 10. The molecule has 1 aliphatic heterocycles. The van der Waals surface area contributed by atoms with E-state index in [0.29, 0.717) is 38.0 Å². The summed E-state index contributed by atoms with van der Waals surface area (Å²) in [7, 11) is 0. The predicted molar refractivity (Wildman–Crippen MR) is 166 cm³/mol.